The lowest BCUT2D eigenvalue weighted by Gasteiger charge is -2.32. The van der Waals surface area contributed by atoms with E-state index in [2.05, 4.69) is 15.6 Å². The number of rotatable bonds is 3. The molecule has 1 heterocycles. The third-order valence-electron chi connectivity index (χ3n) is 4.17. The van der Waals surface area contributed by atoms with Crippen molar-refractivity contribution in [1.29, 1.82) is 0 Å². The van der Waals surface area contributed by atoms with Crippen molar-refractivity contribution in [3.63, 3.8) is 0 Å². The first-order valence-electron chi connectivity index (χ1n) is 7.29. The van der Waals surface area contributed by atoms with Gasteiger partial charge >= 0.3 is 0 Å². The number of carbonyl (C=O) groups excluding carboxylic acids is 1. The second-order valence-corrected chi connectivity index (χ2v) is 5.74. The number of aromatic nitrogens is 2. The van der Waals surface area contributed by atoms with Crippen molar-refractivity contribution in [1.82, 2.24) is 15.1 Å². The summed E-state index contributed by atoms with van der Waals surface area (Å²) in [6.45, 7) is 1.79. The normalized spacial score (nSPS) is 19.0. The summed E-state index contributed by atoms with van der Waals surface area (Å²) in [7, 11) is 1.77. The Morgan fingerprint density at radius 1 is 1.43 bits per heavy atom. The van der Waals surface area contributed by atoms with E-state index >= 15 is 0 Å². The molecule has 0 radical (unpaired) electrons. The molecule has 0 spiro atoms. The lowest BCUT2D eigenvalue weighted by atomic mass is 9.88. The molecule has 0 aliphatic heterocycles. The first kappa shape index (κ1) is 15.3. The van der Waals surface area contributed by atoms with E-state index in [1.54, 1.807) is 24.9 Å². The van der Waals surface area contributed by atoms with Gasteiger partial charge in [0.2, 0.25) is 0 Å². The van der Waals surface area contributed by atoms with E-state index in [0.717, 1.165) is 25.7 Å². The van der Waals surface area contributed by atoms with Crippen LogP contribution >= 0.6 is 0 Å². The van der Waals surface area contributed by atoms with Gasteiger partial charge in [0.05, 0.1) is 11.3 Å². The minimum Gasteiger partial charge on any atom is -0.409 e. The molecule has 1 fully saturated rings. The smallest absolute Gasteiger partial charge is 0.255 e. The number of nitrogens with zero attached hydrogens (tertiary/aromatic N) is 3. The molecule has 1 aliphatic carbocycles. The van der Waals surface area contributed by atoms with Crippen LogP contribution in [0.1, 0.15) is 54.6 Å². The molecular weight excluding hydrogens is 270 g/mol. The van der Waals surface area contributed by atoms with Gasteiger partial charge in [0, 0.05) is 13.2 Å². The van der Waals surface area contributed by atoms with Crippen molar-refractivity contribution in [3.8, 4) is 0 Å². The molecule has 21 heavy (non-hydrogen) atoms. The largest absolute Gasteiger partial charge is 0.409 e. The van der Waals surface area contributed by atoms with Crippen molar-refractivity contribution in [2.45, 2.75) is 51.0 Å². The van der Waals surface area contributed by atoms with Gasteiger partial charge in [0.25, 0.3) is 5.91 Å². The fraction of sp³-hybridized carbons (Fsp3) is 0.643. The van der Waals surface area contributed by atoms with Gasteiger partial charge in [-0.3, -0.25) is 9.48 Å². The molecule has 0 saturated heterocycles. The standard InChI is InChI=1S/C14H23N5O2/c1-10-11(9-19(2)17-10)12(20)16-14(13(15)18-21)7-5-3-4-6-8-14/h9,21H,3-8H2,1-2H3,(H2,15,18)(H,16,20). The third-order valence-corrected chi connectivity index (χ3v) is 4.17. The second kappa shape index (κ2) is 6.15. The van der Waals surface area contributed by atoms with Gasteiger partial charge in [-0.1, -0.05) is 30.8 Å². The number of nitrogens with two attached hydrogens (primary N) is 1. The van der Waals surface area contributed by atoms with E-state index in [0.29, 0.717) is 24.1 Å². The van der Waals surface area contributed by atoms with Crippen molar-refractivity contribution in [3.05, 3.63) is 17.5 Å². The van der Waals surface area contributed by atoms with Crippen LogP contribution in [0.4, 0.5) is 0 Å². The number of nitrogens with one attached hydrogen (secondary N) is 1. The van der Waals surface area contributed by atoms with Gasteiger partial charge in [-0.25, -0.2) is 0 Å². The average Bonchev–Trinajstić information content (AvgIpc) is 2.66. The second-order valence-electron chi connectivity index (χ2n) is 5.74. The van der Waals surface area contributed by atoms with Gasteiger partial charge in [0.1, 0.15) is 5.54 Å². The van der Waals surface area contributed by atoms with E-state index in [1.807, 2.05) is 0 Å². The molecule has 7 heteroatoms. The molecule has 1 aromatic rings. The molecule has 0 aromatic carbocycles. The number of amidine groups is 1. The summed E-state index contributed by atoms with van der Waals surface area (Å²) in [5.41, 5.74) is 6.31. The summed E-state index contributed by atoms with van der Waals surface area (Å²) >= 11 is 0. The van der Waals surface area contributed by atoms with E-state index in [-0.39, 0.29) is 11.7 Å². The van der Waals surface area contributed by atoms with Gasteiger partial charge < -0.3 is 16.3 Å². The maximum atomic E-state index is 12.5. The first-order chi connectivity index (χ1) is 9.98. The molecule has 0 unspecified atom stereocenters. The van der Waals surface area contributed by atoms with Crippen LogP contribution in [0.25, 0.3) is 0 Å². The zero-order chi connectivity index (χ0) is 15.5. The number of hydrogen-bond donors (Lipinski definition) is 3. The van der Waals surface area contributed by atoms with E-state index in [9.17, 15) is 4.79 Å². The minimum atomic E-state index is -0.759. The van der Waals surface area contributed by atoms with Gasteiger partial charge in [0.15, 0.2) is 5.84 Å². The van der Waals surface area contributed by atoms with Crippen molar-refractivity contribution in [2.24, 2.45) is 17.9 Å². The zero-order valence-electron chi connectivity index (χ0n) is 12.6. The first-order valence-corrected chi connectivity index (χ1v) is 7.29. The lowest BCUT2D eigenvalue weighted by molar-refractivity contribution is 0.0914. The Bertz CT molecular complexity index is 542. The molecule has 116 valence electrons. The van der Waals surface area contributed by atoms with Crippen LogP contribution in [-0.2, 0) is 7.05 Å². The van der Waals surface area contributed by atoms with Crippen LogP contribution in [0.2, 0.25) is 0 Å². The van der Waals surface area contributed by atoms with Crippen LogP contribution in [0.3, 0.4) is 0 Å². The fourth-order valence-corrected chi connectivity index (χ4v) is 2.98. The van der Waals surface area contributed by atoms with Gasteiger partial charge in [-0.2, -0.15) is 5.10 Å². The fourth-order valence-electron chi connectivity index (χ4n) is 2.98. The van der Waals surface area contributed by atoms with Crippen LogP contribution < -0.4 is 11.1 Å². The van der Waals surface area contributed by atoms with E-state index in [1.165, 1.54) is 0 Å². The third kappa shape index (κ3) is 3.17. The molecule has 2 rings (SSSR count). The molecule has 1 saturated carbocycles. The van der Waals surface area contributed by atoms with Crippen LogP contribution in [0.15, 0.2) is 11.4 Å². The molecule has 0 bridgehead atoms. The topological polar surface area (TPSA) is 106 Å². The monoisotopic (exact) mass is 293 g/mol. The highest BCUT2D eigenvalue weighted by molar-refractivity contribution is 6.00. The Morgan fingerprint density at radius 2 is 2.05 bits per heavy atom. The number of carbonyl (C=O) groups is 1. The number of hydrogen-bond acceptors (Lipinski definition) is 4. The lowest BCUT2D eigenvalue weighted by Crippen LogP contribution is -2.57. The molecule has 1 amide bonds. The highest BCUT2D eigenvalue weighted by Gasteiger charge is 2.37. The Hall–Kier alpha value is -2.05. The summed E-state index contributed by atoms with van der Waals surface area (Å²) in [5, 5.41) is 19.4. The van der Waals surface area contributed by atoms with E-state index < -0.39 is 5.54 Å². The molecule has 4 N–H and O–H groups in total. The summed E-state index contributed by atoms with van der Waals surface area (Å²) in [6, 6.07) is 0. The summed E-state index contributed by atoms with van der Waals surface area (Å²) in [4.78, 5) is 12.5. The number of aryl methyl sites for hydroxylation is 2. The SMILES string of the molecule is Cc1nn(C)cc1C(=O)NC1(/C(N)=N/O)CCCCCC1. The number of oxime groups is 1. The van der Waals surface area contributed by atoms with Crippen molar-refractivity contribution in [2.75, 3.05) is 0 Å². The summed E-state index contributed by atoms with van der Waals surface area (Å²) in [5.74, 6) is -0.145. The van der Waals surface area contributed by atoms with Crippen molar-refractivity contribution >= 4 is 11.7 Å². The summed E-state index contributed by atoms with van der Waals surface area (Å²) in [6.07, 6.45) is 7.15. The Balaban J connectivity index is 2.26. The molecule has 1 aliphatic rings. The highest BCUT2D eigenvalue weighted by atomic mass is 16.4. The van der Waals surface area contributed by atoms with Gasteiger partial charge in [-0.05, 0) is 19.8 Å². The van der Waals surface area contributed by atoms with Crippen LogP contribution in [0, 0.1) is 6.92 Å². The Morgan fingerprint density at radius 3 is 2.52 bits per heavy atom. The minimum absolute atomic E-state index is 0.0827. The highest BCUT2D eigenvalue weighted by Crippen LogP contribution is 2.28. The Labute approximate surface area is 124 Å². The van der Waals surface area contributed by atoms with Crippen molar-refractivity contribution < 1.29 is 10.0 Å². The quantitative estimate of drug-likeness (QED) is 0.257. The maximum absolute atomic E-state index is 12.5. The Kier molecular flexibility index (Phi) is 4.50. The maximum Gasteiger partial charge on any atom is 0.255 e. The van der Waals surface area contributed by atoms with Crippen LogP contribution in [0.5, 0.6) is 0 Å². The van der Waals surface area contributed by atoms with Crippen LogP contribution in [-0.4, -0.2) is 32.3 Å². The average molecular weight is 293 g/mol. The molecular formula is C14H23N5O2. The summed E-state index contributed by atoms with van der Waals surface area (Å²) < 4.78 is 1.60. The zero-order valence-corrected chi connectivity index (χ0v) is 12.6. The molecule has 1 aromatic heterocycles. The predicted octanol–water partition coefficient (Wildman–Crippen LogP) is 1.30. The molecule has 7 nitrogen and oxygen atoms in total. The van der Waals surface area contributed by atoms with E-state index in [4.69, 9.17) is 10.9 Å². The predicted molar refractivity (Wildman–Crippen MR) is 79.3 cm³/mol. The number of amides is 1. The van der Waals surface area contributed by atoms with Gasteiger partial charge in [-0.15, -0.1) is 0 Å². The molecule has 0 atom stereocenters.